The molecule has 1 aliphatic rings. The van der Waals surface area contributed by atoms with E-state index in [9.17, 15) is 27.6 Å². The number of amides is 2. The number of carbonyl (C=O) groups is 3. The largest absolute Gasteiger partial charge is 0.481 e. The van der Waals surface area contributed by atoms with Gasteiger partial charge in [0, 0.05) is 24.8 Å². The highest BCUT2D eigenvalue weighted by Crippen LogP contribution is 2.33. The Kier molecular flexibility index (Phi) is 7.48. The summed E-state index contributed by atoms with van der Waals surface area (Å²) in [4.78, 5) is 35.2. The number of carboxylic acids is 1. The molecule has 2 heterocycles. The Bertz CT molecular complexity index is 1120. The van der Waals surface area contributed by atoms with E-state index in [1.165, 1.54) is 0 Å². The van der Waals surface area contributed by atoms with E-state index in [4.69, 9.17) is 9.84 Å². The average Bonchev–Trinajstić information content (AvgIpc) is 3.23. The Morgan fingerprint density at radius 2 is 1.94 bits per heavy atom. The van der Waals surface area contributed by atoms with E-state index in [2.05, 4.69) is 20.9 Å². The molecule has 1 aromatic carbocycles. The number of alkyl halides is 3. The van der Waals surface area contributed by atoms with Crippen molar-refractivity contribution in [2.24, 2.45) is 0 Å². The van der Waals surface area contributed by atoms with Crippen molar-refractivity contribution in [1.29, 1.82) is 0 Å². The molecular formula is C22H26F3N5O5. The number of carboxylic acid groups (broad SMARTS) is 1. The summed E-state index contributed by atoms with van der Waals surface area (Å²) in [5, 5.41) is 22.2. The lowest BCUT2D eigenvalue weighted by Gasteiger charge is -2.28. The molecule has 0 radical (unpaired) electrons. The maximum Gasteiger partial charge on any atom is 0.416 e. The lowest BCUT2D eigenvalue weighted by molar-refractivity contribution is -0.141. The molecule has 2 amide bonds. The number of nitrogens with one attached hydrogen (secondary N) is 2. The van der Waals surface area contributed by atoms with Gasteiger partial charge in [-0.3, -0.25) is 14.4 Å². The first kappa shape index (κ1) is 26.1. The third-order valence-corrected chi connectivity index (χ3v) is 5.54. The van der Waals surface area contributed by atoms with Gasteiger partial charge in [-0.15, -0.1) is 5.10 Å². The van der Waals surface area contributed by atoms with Gasteiger partial charge in [-0.2, -0.15) is 13.2 Å². The predicted octanol–water partition coefficient (Wildman–Crippen LogP) is 3.12. The number of nitrogens with zero attached hydrogens (tertiary/aromatic N) is 3. The van der Waals surface area contributed by atoms with Crippen LogP contribution in [0.3, 0.4) is 0 Å². The average molecular weight is 497 g/mol. The van der Waals surface area contributed by atoms with Crippen molar-refractivity contribution in [3.63, 3.8) is 0 Å². The van der Waals surface area contributed by atoms with Crippen LogP contribution in [0.15, 0.2) is 24.4 Å². The molecule has 13 heteroatoms. The van der Waals surface area contributed by atoms with E-state index in [0.29, 0.717) is 31.2 Å². The fraction of sp³-hybridized carbons (Fsp3) is 0.500. The molecule has 2 atom stereocenters. The Morgan fingerprint density at radius 1 is 1.23 bits per heavy atom. The van der Waals surface area contributed by atoms with Crippen molar-refractivity contribution in [3.05, 3.63) is 41.2 Å². The van der Waals surface area contributed by atoms with E-state index in [0.717, 1.165) is 19.1 Å². The Labute approximate surface area is 198 Å². The Balaban J connectivity index is 1.78. The molecular weight excluding hydrogens is 471 g/mol. The van der Waals surface area contributed by atoms with Gasteiger partial charge < -0.3 is 20.5 Å². The number of hydrogen-bond donors (Lipinski definition) is 3. The molecule has 10 nitrogen and oxygen atoms in total. The van der Waals surface area contributed by atoms with Crippen LogP contribution in [0, 0.1) is 0 Å². The van der Waals surface area contributed by atoms with Crippen LogP contribution in [0.25, 0.3) is 0 Å². The first-order valence-electron chi connectivity index (χ1n) is 10.8. The summed E-state index contributed by atoms with van der Waals surface area (Å²) in [6.07, 6.45) is -2.66. The zero-order valence-corrected chi connectivity index (χ0v) is 19.3. The number of anilines is 1. The number of aromatic nitrogens is 3. The highest BCUT2D eigenvalue weighted by atomic mass is 19.4. The number of hydrogen-bond acceptors (Lipinski definition) is 6. The second kappa shape index (κ2) is 10.0. The minimum atomic E-state index is -4.72. The first-order chi connectivity index (χ1) is 16.2. The summed E-state index contributed by atoms with van der Waals surface area (Å²) < 4.78 is 47.0. The topological polar surface area (TPSA) is 135 Å². The third-order valence-electron chi connectivity index (χ3n) is 5.54. The van der Waals surface area contributed by atoms with Gasteiger partial charge in [0.25, 0.3) is 5.91 Å². The van der Waals surface area contributed by atoms with Gasteiger partial charge in [-0.25, -0.2) is 4.68 Å². The van der Waals surface area contributed by atoms with Gasteiger partial charge in [0.1, 0.15) is 5.69 Å². The maximum absolute atomic E-state index is 13.3. The molecule has 3 N–H and O–H groups in total. The molecule has 1 saturated heterocycles. The van der Waals surface area contributed by atoms with Gasteiger partial charge in [-0.05, 0) is 44.9 Å². The standard InChI is InChI=1S/C22H26F3N5O5/c1-12(31)26-15-7-13(6-14(8-15)22(23,24)25)20(34)27-21(2,3)18-11-30(29-28-18)16-4-5-35-17(9-16)10-19(32)33/h6-8,11,16-17H,4-5,9-10H2,1-3H3,(H,26,31)(H,27,34)(H,32,33). The number of halogens is 3. The summed E-state index contributed by atoms with van der Waals surface area (Å²) >= 11 is 0. The van der Waals surface area contributed by atoms with Crippen LogP contribution in [-0.4, -0.2) is 50.6 Å². The van der Waals surface area contributed by atoms with Gasteiger partial charge >= 0.3 is 12.1 Å². The predicted molar refractivity (Wildman–Crippen MR) is 117 cm³/mol. The number of carbonyl (C=O) groups excluding carboxylic acids is 2. The van der Waals surface area contributed by atoms with Crippen molar-refractivity contribution in [2.45, 2.75) is 63.9 Å². The number of benzene rings is 1. The van der Waals surface area contributed by atoms with Crippen LogP contribution in [0.5, 0.6) is 0 Å². The molecule has 0 saturated carbocycles. The van der Waals surface area contributed by atoms with E-state index >= 15 is 0 Å². The normalized spacial score (nSPS) is 18.7. The van der Waals surface area contributed by atoms with Crippen molar-refractivity contribution < 1.29 is 37.4 Å². The van der Waals surface area contributed by atoms with Crippen molar-refractivity contribution in [2.75, 3.05) is 11.9 Å². The van der Waals surface area contributed by atoms with Crippen molar-refractivity contribution in [1.82, 2.24) is 20.3 Å². The van der Waals surface area contributed by atoms with Crippen LogP contribution >= 0.6 is 0 Å². The molecule has 0 spiro atoms. The second-order valence-electron chi connectivity index (χ2n) is 8.91. The lowest BCUT2D eigenvalue weighted by atomic mass is 9.99. The molecule has 1 fully saturated rings. The summed E-state index contributed by atoms with van der Waals surface area (Å²) in [5.41, 5.74) is -2.26. The van der Waals surface area contributed by atoms with E-state index in [1.54, 1.807) is 24.7 Å². The first-order valence-corrected chi connectivity index (χ1v) is 10.8. The maximum atomic E-state index is 13.3. The Morgan fingerprint density at radius 3 is 2.57 bits per heavy atom. The third kappa shape index (κ3) is 6.78. The highest BCUT2D eigenvalue weighted by Gasteiger charge is 2.34. The summed E-state index contributed by atoms with van der Waals surface area (Å²) in [6.45, 7) is 4.76. The fourth-order valence-electron chi connectivity index (χ4n) is 3.80. The Hall–Kier alpha value is -3.48. The number of aliphatic carboxylic acids is 1. The van der Waals surface area contributed by atoms with E-state index in [1.807, 2.05) is 0 Å². The quantitative estimate of drug-likeness (QED) is 0.535. The lowest BCUT2D eigenvalue weighted by Crippen LogP contribution is -2.41. The zero-order valence-electron chi connectivity index (χ0n) is 19.3. The SMILES string of the molecule is CC(=O)Nc1cc(C(=O)NC(C)(C)c2cn(C3CCOC(CC(=O)O)C3)nn2)cc(C(F)(F)F)c1. The van der Waals surface area contributed by atoms with Gasteiger partial charge in [-0.1, -0.05) is 5.21 Å². The molecule has 0 bridgehead atoms. The zero-order chi connectivity index (χ0) is 26.0. The minimum absolute atomic E-state index is 0.128. The van der Waals surface area contributed by atoms with Crippen molar-refractivity contribution in [3.8, 4) is 0 Å². The molecule has 190 valence electrons. The fourth-order valence-corrected chi connectivity index (χ4v) is 3.80. The van der Waals surface area contributed by atoms with Gasteiger partial charge in [0.2, 0.25) is 5.91 Å². The van der Waals surface area contributed by atoms with Crippen molar-refractivity contribution >= 4 is 23.5 Å². The van der Waals surface area contributed by atoms with Crippen LogP contribution in [0.2, 0.25) is 0 Å². The summed E-state index contributed by atoms with van der Waals surface area (Å²) in [6, 6.07) is 2.46. The van der Waals surface area contributed by atoms with E-state index < -0.39 is 41.2 Å². The molecule has 3 rings (SSSR count). The highest BCUT2D eigenvalue weighted by molar-refractivity contribution is 5.97. The number of ether oxygens (including phenoxy) is 1. The molecule has 2 aromatic rings. The van der Waals surface area contributed by atoms with Gasteiger partial charge in [0.05, 0.1) is 35.9 Å². The molecule has 35 heavy (non-hydrogen) atoms. The molecule has 1 aliphatic heterocycles. The van der Waals surface area contributed by atoms with Gasteiger partial charge in [0.15, 0.2) is 0 Å². The molecule has 2 unspecified atom stereocenters. The number of rotatable bonds is 7. The monoisotopic (exact) mass is 497 g/mol. The molecule has 1 aromatic heterocycles. The summed E-state index contributed by atoms with van der Waals surface area (Å²) in [5.74, 6) is -2.34. The second-order valence-corrected chi connectivity index (χ2v) is 8.91. The van der Waals surface area contributed by atoms with E-state index in [-0.39, 0.29) is 23.7 Å². The van der Waals surface area contributed by atoms with Crippen LogP contribution in [0.1, 0.15) is 67.7 Å². The minimum Gasteiger partial charge on any atom is -0.481 e. The van der Waals surface area contributed by atoms with Crippen LogP contribution in [-0.2, 0) is 26.0 Å². The smallest absolute Gasteiger partial charge is 0.416 e. The van der Waals surface area contributed by atoms with Crippen LogP contribution in [0.4, 0.5) is 18.9 Å². The molecule has 0 aliphatic carbocycles. The summed E-state index contributed by atoms with van der Waals surface area (Å²) in [7, 11) is 0. The van der Waals surface area contributed by atoms with Crippen LogP contribution < -0.4 is 10.6 Å².